The Hall–Kier alpha value is -2.04. The Balaban J connectivity index is 2.53. The van der Waals surface area contributed by atoms with Gasteiger partial charge in [-0.2, -0.15) is 0 Å². The molecule has 0 bridgehead atoms. The molecule has 4 N–H and O–H groups in total. The number of nitrogens with two attached hydrogens (primary N) is 1. The van der Waals surface area contributed by atoms with Crippen LogP contribution in [-0.2, 0) is 4.79 Å². The molecule has 0 fully saturated rings. The molecular weight excluding hydrogens is 254 g/mol. The number of amides is 1. The van der Waals surface area contributed by atoms with Gasteiger partial charge in [0.2, 0.25) is 5.91 Å². The molecule has 0 spiro atoms. The van der Waals surface area contributed by atoms with E-state index in [1.165, 1.54) is 6.92 Å². The van der Waals surface area contributed by atoms with Gasteiger partial charge < -0.3 is 16.4 Å². The first-order valence-corrected chi connectivity index (χ1v) is 6.64. The normalized spacial score (nSPS) is 11.0. The van der Waals surface area contributed by atoms with Crippen molar-refractivity contribution in [3.05, 3.63) is 23.8 Å². The van der Waals surface area contributed by atoms with Crippen molar-refractivity contribution in [3.63, 3.8) is 0 Å². The van der Waals surface area contributed by atoms with Crippen LogP contribution in [0, 0.1) is 0 Å². The Morgan fingerprint density at radius 1 is 1.25 bits per heavy atom. The number of ketones is 1. The highest BCUT2D eigenvalue weighted by molar-refractivity contribution is 6.00. The summed E-state index contributed by atoms with van der Waals surface area (Å²) in [6.07, 6.45) is 0.372. The molecule has 110 valence electrons. The van der Waals surface area contributed by atoms with Crippen molar-refractivity contribution in [1.29, 1.82) is 0 Å². The highest BCUT2D eigenvalue weighted by atomic mass is 16.1. The molecule has 5 nitrogen and oxygen atoms in total. The van der Waals surface area contributed by atoms with Gasteiger partial charge in [-0.05, 0) is 45.9 Å². The molecule has 1 aromatic rings. The van der Waals surface area contributed by atoms with E-state index in [1.807, 2.05) is 20.8 Å². The van der Waals surface area contributed by atoms with E-state index in [0.29, 0.717) is 24.2 Å². The van der Waals surface area contributed by atoms with Crippen LogP contribution in [-0.4, -0.2) is 23.8 Å². The molecule has 0 atom stereocenters. The molecule has 0 unspecified atom stereocenters. The Morgan fingerprint density at radius 2 is 1.90 bits per heavy atom. The van der Waals surface area contributed by atoms with Crippen LogP contribution in [0.5, 0.6) is 0 Å². The Labute approximate surface area is 119 Å². The van der Waals surface area contributed by atoms with Crippen LogP contribution in [0.3, 0.4) is 0 Å². The maximum atomic E-state index is 11.7. The molecule has 1 amide bonds. The van der Waals surface area contributed by atoms with Gasteiger partial charge in [-0.1, -0.05) is 0 Å². The van der Waals surface area contributed by atoms with Crippen molar-refractivity contribution >= 4 is 23.1 Å². The Kier molecular flexibility index (Phi) is 5.13. The minimum absolute atomic E-state index is 0.00719. The van der Waals surface area contributed by atoms with Gasteiger partial charge in [0.1, 0.15) is 0 Å². The molecule has 0 aliphatic carbocycles. The van der Waals surface area contributed by atoms with Crippen molar-refractivity contribution in [2.75, 3.05) is 17.6 Å². The number of hydrogen-bond donors (Lipinski definition) is 3. The number of anilines is 2. The molecule has 20 heavy (non-hydrogen) atoms. The molecule has 0 aromatic heterocycles. The SMILES string of the molecule is CC(=O)c1cc(NCCC(=O)NC(C)(C)C)ccc1N. The number of rotatable bonds is 5. The molecule has 0 heterocycles. The van der Waals surface area contributed by atoms with Crippen molar-refractivity contribution in [1.82, 2.24) is 5.32 Å². The predicted molar refractivity (Wildman–Crippen MR) is 81.9 cm³/mol. The summed E-state index contributed by atoms with van der Waals surface area (Å²) >= 11 is 0. The average Bonchev–Trinajstić information content (AvgIpc) is 2.28. The van der Waals surface area contributed by atoms with Gasteiger partial charge in [0.25, 0.3) is 0 Å². The summed E-state index contributed by atoms with van der Waals surface area (Å²) in [6.45, 7) is 7.81. The zero-order chi connectivity index (χ0) is 15.3. The predicted octanol–water partition coefficient (Wildman–Crippen LogP) is 2.19. The van der Waals surface area contributed by atoms with E-state index in [-0.39, 0.29) is 17.2 Å². The summed E-state index contributed by atoms with van der Waals surface area (Å²) in [4.78, 5) is 23.0. The van der Waals surface area contributed by atoms with Crippen LogP contribution in [0.15, 0.2) is 18.2 Å². The second kappa shape index (κ2) is 6.41. The fourth-order valence-corrected chi connectivity index (χ4v) is 1.77. The smallest absolute Gasteiger partial charge is 0.222 e. The molecule has 0 saturated heterocycles. The molecule has 0 aliphatic heterocycles. The van der Waals surface area contributed by atoms with E-state index in [1.54, 1.807) is 18.2 Å². The highest BCUT2D eigenvalue weighted by Crippen LogP contribution is 2.18. The Bertz CT molecular complexity index is 504. The van der Waals surface area contributed by atoms with Gasteiger partial charge in [-0.25, -0.2) is 0 Å². The first-order valence-electron chi connectivity index (χ1n) is 6.64. The van der Waals surface area contributed by atoms with Gasteiger partial charge in [-0.15, -0.1) is 0 Å². The van der Waals surface area contributed by atoms with Crippen molar-refractivity contribution < 1.29 is 9.59 Å². The lowest BCUT2D eigenvalue weighted by Gasteiger charge is -2.20. The molecular formula is C15H23N3O2. The summed E-state index contributed by atoms with van der Waals surface area (Å²) in [7, 11) is 0. The molecule has 0 saturated carbocycles. The lowest BCUT2D eigenvalue weighted by Crippen LogP contribution is -2.41. The zero-order valence-corrected chi connectivity index (χ0v) is 12.5. The maximum Gasteiger partial charge on any atom is 0.222 e. The van der Waals surface area contributed by atoms with Gasteiger partial charge in [0.05, 0.1) is 0 Å². The van der Waals surface area contributed by atoms with E-state index in [9.17, 15) is 9.59 Å². The van der Waals surface area contributed by atoms with Crippen molar-refractivity contribution in [2.24, 2.45) is 0 Å². The second-order valence-electron chi connectivity index (χ2n) is 5.83. The molecule has 1 rings (SSSR count). The van der Waals surface area contributed by atoms with E-state index in [0.717, 1.165) is 5.69 Å². The van der Waals surface area contributed by atoms with Crippen LogP contribution < -0.4 is 16.4 Å². The first-order chi connectivity index (χ1) is 9.19. The van der Waals surface area contributed by atoms with Gasteiger partial charge >= 0.3 is 0 Å². The van der Waals surface area contributed by atoms with Gasteiger partial charge in [0, 0.05) is 35.4 Å². The number of benzene rings is 1. The van der Waals surface area contributed by atoms with Crippen LogP contribution in [0.4, 0.5) is 11.4 Å². The average molecular weight is 277 g/mol. The number of carbonyl (C=O) groups is 2. The third-order valence-corrected chi connectivity index (χ3v) is 2.63. The van der Waals surface area contributed by atoms with Crippen LogP contribution >= 0.6 is 0 Å². The fraction of sp³-hybridized carbons (Fsp3) is 0.467. The van der Waals surface area contributed by atoms with Crippen LogP contribution in [0.1, 0.15) is 44.5 Å². The highest BCUT2D eigenvalue weighted by Gasteiger charge is 2.13. The van der Waals surface area contributed by atoms with Crippen LogP contribution in [0.25, 0.3) is 0 Å². The van der Waals surface area contributed by atoms with E-state index >= 15 is 0 Å². The fourth-order valence-electron chi connectivity index (χ4n) is 1.77. The number of nitrogens with one attached hydrogen (secondary N) is 2. The number of nitrogen functional groups attached to an aromatic ring is 1. The summed E-state index contributed by atoms with van der Waals surface area (Å²) < 4.78 is 0. The monoisotopic (exact) mass is 277 g/mol. The Morgan fingerprint density at radius 3 is 2.45 bits per heavy atom. The van der Waals surface area contributed by atoms with E-state index < -0.39 is 0 Å². The van der Waals surface area contributed by atoms with Crippen LogP contribution in [0.2, 0.25) is 0 Å². The molecule has 1 aromatic carbocycles. The summed E-state index contributed by atoms with van der Waals surface area (Å²) in [5, 5.41) is 6.01. The quantitative estimate of drug-likeness (QED) is 0.569. The van der Waals surface area contributed by atoms with Crippen molar-refractivity contribution in [3.8, 4) is 0 Å². The number of Topliss-reactive ketones (excluding diaryl/α,β-unsaturated/α-hetero) is 1. The van der Waals surface area contributed by atoms with Gasteiger partial charge in [0.15, 0.2) is 5.78 Å². The van der Waals surface area contributed by atoms with Crippen molar-refractivity contribution in [2.45, 2.75) is 39.7 Å². The van der Waals surface area contributed by atoms with E-state index in [2.05, 4.69) is 10.6 Å². The van der Waals surface area contributed by atoms with Gasteiger partial charge in [-0.3, -0.25) is 9.59 Å². The topological polar surface area (TPSA) is 84.2 Å². The number of carbonyl (C=O) groups excluding carboxylic acids is 2. The molecule has 0 aliphatic rings. The maximum absolute atomic E-state index is 11.7. The largest absolute Gasteiger partial charge is 0.398 e. The third-order valence-electron chi connectivity index (χ3n) is 2.63. The first kappa shape index (κ1) is 16.0. The van der Waals surface area contributed by atoms with E-state index in [4.69, 9.17) is 5.73 Å². The minimum atomic E-state index is -0.222. The molecule has 0 radical (unpaired) electrons. The number of hydrogen-bond acceptors (Lipinski definition) is 4. The summed E-state index contributed by atoms with van der Waals surface area (Å²) in [5.74, 6) is -0.0798. The standard InChI is InChI=1S/C15H23N3O2/c1-10(19)12-9-11(5-6-13(12)16)17-8-7-14(20)18-15(2,3)4/h5-6,9,17H,7-8,16H2,1-4H3,(H,18,20). The second-order valence-corrected chi connectivity index (χ2v) is 5.83. The third kappa shape index (κ3) is 5.30. The minimum Gasteiger partial charge on any atom is -0.398 e. The summed E-state index contributed by atoms with van der Waals surface area (Å²) in [5.41, 5.74) is 7.25. The lowest BCUT2D eigenvalue weighted by molar-refractivity contribution is -0.122. The lowest BCUT2D eigenvalue weighted by atomic mass is 10.1. The zero-order valence-electron chi connectivity index (χ0n) is 12.5. The molecule has 5 heteroatoms. The summed E-state index contributed by atoms with van der Waals surface area (Å²) in [6, 6.07) is 5.19.